The van der Waals surface area contributed by atoms with Gasteiger partial charge in [0.1, 0.15) is 5.75 Å². The highest BCUT2D eigenvalue weighted by atomic mass is 16.5. The van der Waals surface area contributed by atoms with E-state index in [1.54, 1.807) is 13.3 Å². The minimum absolute atomic E-state index is 0.0515. The molecule has 1 aromatic carbocycles. The highest BCUT2D eigenvalue weighted by molar-refractivity contribution is 5.74. The molecule has 1 aromatic heterocycles. The minimum atomic E-state index is -0.0515. The van der Waals surface area contributed by atoms with Crippen molar-refractivity contribution in [3.05, 3.63) is 59.9 Å². The summed E-state index contributed by atoms with van der Waals surface area (Å²) < 4.78 is 5.23. The molecule has 2 aromatic rings. The minimum Gasteiger partial charge on any atom is -0.497 e. The van der Waals surface area contributed by atoms with E-state index in [1.165, 1.54) is 6.42 Å². The third kappa shape index (κ3) is 5.45. The first-order chi connectivity index (χ1) is 13.7. The first-order valence-electron chi connectivity index (χ1n) is 9.99. The topological polar surface area (TPSA) is 57.7 Å². The molecule has 1 atom stereocenters. The summed E-state index contributed by atoms with van der Waals surface area (Å²) in [5.41, 5.74) is 1.94. The lowest BCUT2D eigenvalue weighted by molar-refractivity contribution is 0.185. The number of ether oxygens (including phenoxy) is 1. The van der Waals surface area contributed by atoms with Gasteiger partial charge in [-0.2, -0.15) is 0 Å². The van der Waals surface area contributed by atoms with E-state index in [-0.39, 0.29) is 6.03 Å². The molecule has 1 saturated heterocycles. The predicted molar refractivity (Wildman–Crippen MR) is 110 cm³/mol. The van der Waals surface area contributed by atoms with Crippen molar-refractivity contribution in [3.63, 3.8) is 0 Å². The summed E-state index contributed by atoms with van der Waals surface area (Å²) in [6.07, 6.45) is 4.11. The van der Waals surface area contributed by atoms with Crippen molar-refractivity contribution in [2.24, 2.45) is 0 Å². The van der Waals surface area contributed by atoms with Gasteiger partial charge in [-0.15, -0.1) is 0 Å². The van der Waals surface area contributed by atoms with Crippen LogP contribution in [0.2, 0.25) is 0 Å². The molecule has 6 heteroatoms. The van der Waals surface area contributed by atoms with Crippen molar-refractivity contribution in [3.8, 4) is 5.75 Å². The number of pyridine rings is 1. The van der Waals surface area contributed by atoms with Crippen LogP contribution in [0.25, 0.3) is 0 Å². The van der Waals surface area contributed by atoms with Gasteiger partial charge in [-0.1, -0.05) is 25.1 Å². The van der Waals surface area contributed by atoms with Crippen LogP contribution in [0.5, 0.6) is 5.75 Å². The highest BCUT2D eigenvalue weighted by Gasteiger charge is 2.24. The lowest BCUT2D eigenvalue weighted by atomic mass is 10.2. The summed E-state index contributed by atoms with van der Waals surface area (Å²) in [6.45, 7) is 6.02. The van der Waals surface area contributed by atoms with Crippen molar-refractivity contribution in [1.82, 2.24) is 20.1 Å². The summed E-state index contributed by atoms with van der Waals surface area (Å²) in [7, 11) is 1.65. The second-order valence-corrected chi connectivity index (χ2v) is 7.14. The Labute approximate surface area is 167 Å². The SMILES string of the molecule is CCN1CCC[C@@H]1CNC(=O)N(Cc1ccc(OC)cc1)Cc1ccccn1. The lowest BCUT2D eigenvalue weighted by Gasteiger charge is -2.27. The molecule has 1 aliphatic rings. The van der Waals surface area contributed by atoms with Gasteiger partial charge < -0.3 is 15.0 Å². The number of carbonyl (C=O) groups excluding carboxylic acids is 1. The van der Waals surface area contributed by atoms with Crippen LogP contribution in [0.15, 0.2) is 48.7 Å². The number of carbonyl (C=O) groups is 1. The Morgan fingerprint density at radius 2 is 2.07 bits per heavy atom. The van der Waals surface area contributed by atoms with Crippen LogP contribution in [0.3, 0.4) is 0 Å². The number of rotatable bonds is 8. The number of methoxy groups -OCH3 is 1. The van der Waals surface area contributed by atoms with Crippen molar-refractivity contribution in [1.29, 1.82) is 0 Å². The van der Waals surface area contributed by atoms with Crippen LogP contribution in [-0.4, -0.2) is 53.6 Å². The fourth-order valence-corrected chi connectivity index (χ4v) is 3.70. The number of hydrogen-bond acceptors (Lipinski definition) is 4. The summed E-state index contributed by atoms with van der Waals surface area (Å²) in [5.74, 6) is 0.811. The molecule has 1 N–H and O–H groups in total. The van der Waals surface area contributed by atoms with Gasteiger partial charge in [-0.05, 0) is 55.8 Å². The average Bonchev–Trinajstić information content (AvgIpc) is 3.20. The molecule has 0 spiro atoms. The lowest BCUT2D eigenvalue weighted by Crippen LogP contribution is -2.45. The fraction of sp³-hybridized carbons (Fsp3) is 0.455. The Balaban J connectivity index is 1.66. The number of likely N-dealkylation sites (N-methyl/N-ethyl adjacent to an activating group) is 1. The number of hydrogen-bond donors (Lipinski definition) is 1. The van der Waals surface area contributed by atoms with Gasteiger partial charge >= 0.3 is 6.03 Å². The Morgan fingerprint density at radius 1 is 1.25 bits per heavy atom. The van der Waals surface area contributed by atoms with E-state index in [2.05, 4.69) is 22.1 Å². The molecular weight excluding hydrogens is 352 g/mol. The zero-order valence-corrected chi connectivity index (χ0v) is 16.8. The smallest absolute Gasteiger partial charge is 0.318 e. The van der Waals surface area contributed by atoms with Gasteiger partial charge in [0.05, 0.1) is 19.3 Å². The van der Waals surface area contributed by atoms with E-state index in [1.807, 2.05) is 47.4 Å². The van der Waals surface area contributed by atoms with Crippen molar-refractivity contribution in [2.75, 3.05) is 26.7 Å². The quantitative estimate of drug-likeness (QED) is 0.761. The van der Waals surface area contributed by atoms with Crippen LogP contribution >= 0.6 is 0 Å². The maximum atomic E-state index is 13.0. The second-order valence-electron chi connectivity index (χ2n) is 7.14. The number of urea groups is 1. The van der Waals surface area contributed by atoms with Crippen LogP contribution in [0, 0.1) is 0 Å². The first kappa shape index (κ1) is 20.1. The number of benzene rings is 1. The van der Waals surface area contributed by atoms with E-state index in [0.29, 0.717) is 25.7 Å². The molecule has 1 fully saturated rings. The molecule has 150 valence electrons. The molecule has 0 aliphatic carbocycles. The third-order valence-corrected chi connectivity index (χ3v) is 5.29. The molecule has 2 heterocycles. The molecule has 3 rings (SSSR count). The molecule has 0 saturated carbocycles. The highest BCUT2D eigenvalue weighted by Crippen LogP contribution is 2.17. The predicted octanol–water partition coefficient (Wildman–Crippen LogP) is 3.29. The Bertz CT molecular complexity index is 736. The zero-order chi connectivity index (χ0) is 19.8. The summed E-state index contributed by atoms with van der Waals surface area (Å²) in [5, 5.41) is 3.14. The molecule has 28 heavy (non-hydrogen) atoms. The van der Waals surface area contributed by atoms with Crippen LogP contribution in [-0.2, 0) is 13.1 Å². The zero-order valence-electron chi connectivity index (χ0n) is 16.8. The maximum absolute atomic E-state index is 13.0. The summed E-state index contributed by atoms with van der Waals surface area (Å²) in [6, 6.07) is 14.0. The number of amides is 2. The number of nitrogens with zero attached hydrogens (tertiary/aromatic N) is 3. The molecular formula is C22H30N4O2. The van der Waals surface area contributed by atoms with Crippen molar-refractivity contribution >= 4 is 6.03 Å². The number of likely N-dealkylation sites (tertiary alicyclic amines) is 1. The van der Waals surface area contributed by atoms with Gasteiger partial charge in [0.2, 0.25) is 0 Å². The first-order valence-corrected chi connectivity index (χ1v) is 9.99. The molecule has 6 nitrogen and oxygen atoms in total. The van der Waals surface area contributed by atoms with Gasteiger partial charge in [-0.3, -0.25) is 9.88 Å². The monoisotopic (exact) mass is 382 g/mol. The fourth-order valence-electron chi connectivity index (χ4n) is 3.70. The summed E-state index contributed by atoms with van der Waals surface area (Å²) >= 11 is 0. The van der Waals surface area contributed by atoms with Gasteiger partial charge in [-0.25, -0.2) is 4.79 Å². The Kier molecular flexibility index (Phi) is 7.25. The van der Waals surface area contributed by atoms with E-state index < -0.39 is 0 Å². The molecule has 0 unspecified atom stereocenters. The largest absolute Gasteiger partial charge is 0.497 e. The van der Waals surface area contributed by atoms with E-state index in [9.17, 15) is 4.79 Å². The Morgan fingerprint density at radius 3 is 2.75 bits per heavy atom. The number of aromatic nitrogens is 1. The van der Waals surface area contributed by atoms with Gasteiger partial charge in [0, 0.05) is 25.3 Å². The average molecular weight is 383 g/mol. The number of nitrogens with one attached hydrogen (secondary N) is 1. The van der Waals surface area contributed by atoms with E-state index in [0.717, 1.165) is 36.5 Å². The van der Waals surface area contributed by atoms with Gasteiger partial charge in [0.15, 0.2) is 0 Å². The van der Waals surface area contributed by atoms with Crippen LogP contribution < -0.4 is 10.1 Å². The second kappa shape index (κ2) is 10.1. The van der Waals surface area contributed by atoms with Crippen LogP contribution in [0.1, 0.15) is 31.0 Å². The van der Waals surface area contributed by atoms with E-state index >= 15 is 0 Å². The normalized spacial score (nSPS) is 16.7. The third-order valence-electron chi connectivity index (χ3n) is 5.29. The molecule has 2 amide bonds. The van der Waals surface area contributed by atoms with Crippen molar-refractivity contribution in [2.45, 2.75) is 38.9 Å². The summed E-state index contributed by atoms with van der Waals surface area (Å²) in [4.78, 5) is 21.6. The van der Waals surface area contributed by atoms with Crippen molar-refractivity contribution < 1.29 is 9.53 Å². The maximum Gasteiger partial charge on any atom is 0.318 e. The molecule has 1 aliphatic heterocycles. The van der Waals surface area contributed by atoms with E-state index in [4.69, 9.17) is 4.74 Å². The molecule has 0 bridgehead atoms. The van der Waals surface area contributed by atoms with Crippen LogP contribution in [0.4, 0.5) is 4.79 Å². The van der Waals surface area contributed by atoms with Gasteiger partial charge in [0.25, 0.3) is 0 Å². The Hall–Kier alpha value is -2.60. The molecule has 0 radical (unpaired) electrons. The standard InChI is InChI=1S/C22H30N4O2/c1-3-25-14-6-8-20(25)15-24-22(27)26(17-19-7-4-5-13-23-19)16-18-9-11-21(28-2)12-10-18/h4-5,7,9-13,20H,3,6,8,14-17H2,1-2H3,(H,24,27)/t20-/m1/s1.